The van der Waals surface area contributed by atoms with E-state index in [0.717, 1.165) is 43.2 Å². The lowest BCUT2D eigenvalue weighted by molar-refractivity contribution is 0.395. The molecule has 2 bridgehead atoms. The van der Waals surface area contributed by atoms with Crippen LogP contribution >= 0.6 is 0 Å². The van der Waals surface area contributed by atoms with Crippen LogP contribution in [0.5, 0.6) is 28.7 Å². The molecule has 2 aromatic rings. The van der Waals surface area contributed by atoms with E-state index in [4.69, 9.17) is 4.74 Å². The molecule has 0 radical (unpaired) electrons. The van der Waals surface area contributed by atoms with Gasteiger partial charge in [-0.3, -0.25) is 0 Å². The van der Waals surface area contributed by atoms with Gasteiger partial charge in [-0.25, -0.2) is 0 Å². The highest BCUT2D eigenvalue weighted by Crippen LogP contribution is 2.39. The predicted molar refractivity (Wildman–Crippen MR) is 121 cm³/mol. The molecule has 0 saturated carbocycles. The first-order chi connectivity index (χ1) is 14.6. The van der Waals surface area contributed by atoms with Gasteiger partial charge in [0.2, 0.25) is 0 Å². The molecule has 0 spiro atoms. The molecule has 4 heteroatoms. The molecule has 4 nitrogen and oxygen atoms in total. The number of phenols is 3. The Bertz CT molecular complexity index is 800. The maximum Gasteiger partial charge on any atom is 0.172 e. The van der Waals surface area contributed by atoms with Crippen LogP contribution in [0.2, 0.25) is 0 Å². The van der Waals surface area contributed by atoms with Crippen molar-refractivity contribution in [2.24, 2.45) is 0 Å². The summed E-state index contributed by atoms with van der Waals surface area (Å²) >= 11 is 0. The largest absolute Gasteiger partial charge is 0.508 e. The Hall–Kier alpha value is -2.36. The van der Waals surface area contributed by atoms with Crippen LogP contribution in [0.25, 0.3) is 0 Å². The van der Waals surface area contributed by atoms with Crippen molar-refractivity contribution in [3.8, 4) is 28.7 Å². The smallest absolute Gasteiger partial charge is 0.172 e. The number of benzene rings is 2. The Balaban J connectivity index is 1.78. The van der Waals surface area contributed by atoms with Crippen molar-refractivity contribution in [3.05, 3.63) is 41.5 Å². The van der Waals surface area contributed by atoms with E-state index in [1.165, 1.54) is 63.9 Å². The number of aromatic hydroxyl groups is 3. The van der Waals surface area contributed by atoms with Gasteiger partial charge in [-0.05, 0) is 49.4 Å². The van der Waals surface area contributed by atoms with E-state index in [-0.39, 0.29) is 17.2 Å². The minimum Gasteiger partial charge on any atom is -0.508 e. The summed E-state index contributed by atoms with van der Waals surface area (Å²) in [6.45, 7) is 0. The Kier molecular flexibility index (Phi) is 8.73. The van der Waals surface area contributed by atoms with E-state index in [2.05, 4.69) is 0 Å². The first kappa shape index (κ1) is 22.3. The number of hydrogen-bond donors (Lipinski definition) is 3. The molecule has 1 heterocycles. The van der Waals surface area contributed by atoms with Gasteiger partial charge in [0.15, 0.2) is 11.5 Å². The second-order valence-electron chi connectivity index (χ2n) is 8.63. The molecule has 0 fully saturated rings. The van der Waals surface area contributed by atoms with Gasteiger partial charge in [0, 0.05) is 17.7 Å². The van der Waals surface area contributed by atoms with Crippen LogP contribution in [0.1, 0.15) is 88.2 Å². The van der Waals surface area contributed by atoms with E-state index in [9.17, 15) is 15.3 Å². The van der Waals surface area contributed by atoms with Crippen LogP contribution in [-0.2, 0) is 12.8 Å². The summed E-state index contributed by atoms with van der Waals surface area (Å²) in [6.07, 6.45) is 16.5. The predicted octanol–water partition coefficient (Wildman–Crippen LogP) is 7.38. The first-order valence-corrected chi connectivity index (χ1v) is 11.7. The van der Waals surface area contributed by atoms with Crippen molar-refractivity contribution in [2.75, 3.05) is 0 Å². The van der Waals surface area contributed by atoms with Gasteiger partial charge in [0.1, 0.15) is 17.2 Å². The number of ether oxygens (including phenoxy) is 1. The van der Waals surface area contributed by atoms with Gasteiger partial charge in [0.05, 0.1) is 0 Å². The lowest BCUT2D eigenvalue weighted by Crippen LogP contribution is -1.95. The molecule has 1 aliphatic rings. The molecular weight excluding hydrogens is 376 g/mol. The number of aryl methyl sites for hydroxylation is 2. The Labute approximate surface area is 180 Å². The van der Waals surface area contributed by atoms with Crippen molar-refractivity contribution in [2.45, 2.75) is 89.9 Å². The van der Waals surface area contributed by atoms with E-state index in [1.54, 1.807) is 18.2 Å². The van der Waals surface area contributed by atoms with Crippen molar-refractivity contribution in [3.63, 3.8) is 0 Å². The molecule has 0 aliphatic carbocycles. The number of phenolic OH excluding ortho intramolecular Hbond substituents is 3. The van der Waals surface area contributed by atoms with Gasteiger partial charge in [-0.2, -0.15) is 0 Å². The molecule has 0 unspecified atom stereocenters. The van der Waals surface area contributed by atoms with Crippen LogP contribution < -0.4 is 4.74 Å². The quantitative estimate of drug-likeness (QED) is 0.422. The third-order valence-electron chi connectivity index (χ3n) is 5.96. The minimum absolute atomic E-state index is 0.0425. The summed E-state index contributed by atoms with van der Waals surface area (Å²) < 4.78 is 6.03. The fraction of sp³-hybridized carbons (Fsp3) is 0.538. The highest BCUT2D eigenvalue weighted by Gasteiger charge is 2.14. The first-order valence-electron chi connectivity index (χ1n) is 11.7. The maximum absolute atomic E-state index is 10.4. The molecule has 0 atom stereocenters. The van der Waals surface area contributed by atoms with Crippen molar-refractivity contribution < 1.29 is 20.1 Å². The zero-order chi connectivity index (χ0) is 21.2. The number of fused-ring (bicyclic) bond motifs is 3. The zero-order valence-electron chi connectivity index (χ0n) is 18.0. The molecule has 164 valence electrons. The zero-order valence-corrected chi connectivity index (χ0v) is 18.0. The van der Waals surface area contributed by atoms with Crippen LogP contribution in [-0.4, -0.2) is 15.3 Å². The molecular formula is C26H36O4. The Morgan fingerprint density at radius 2 is 1.07 bits per heavy atom. The average Bonchev–Trinajstić information content (AvgIpc) is 2.69. The summed E-state index contributed by atoms with van der Waals surface area (Å²) in [4.78, 5) is 0. The van der Waals surface area contributed by atoms with Crippen LogP contribution in [0.15, 0.2) is 30.3 Å². The standard InChI is InChI=1S/C26H36O4/c27-22-15-20-13-11-9-7-5-3-1-2-4-6-8-10-12-14-21-17-23(28)19-25(29)26(21)30-24(16-20)18-22/h15-19,27-29H,1-14H2. The molecule has 3 rings (SSSR count). The van der Waals surface area contributed by atoms with Crippen LogP contribution in [0.4, 0.5) is 0 Å². The fourth-order valence-corrected chi connectivity index (χ4v) is 4.34. The molecule has 0 amide bonds. The second-order valence-corrected chi connectivity index (χ2v) is 8.63. The number of rotatable bonds is 0. The Morgan fingerprint density at radius 3 is 1.70 bits per heavy atom. The van der Waals surface area contributed by atoms with E-state index < -0.39 is 0 Å². The molecule has 2 aromatic carbocycles. The molecule has 3 N–H and O–H groups in total. The van der Waals surface area contributed by atoms with E-state index in [1.807, 2.05) is 6.07 Å². The highest BCUT2D eigenvalue weighted by atomic mass is 16.5. The van der Waals surface area contributed by atoms with Gasteiger partial charge in [-0.15, -0.1) is 0 Å². The fourth-order valence-electron chi connectivity index (χ4n) is 4.34. The van der Waals surface area contributed by atoms with Gasteiger partial charge in [0.25, 0.3) is 0 Å². The van der Waals surface area contributed by atoms with Crippen LogP contribution in [0.3, 0.4) is 0 Å². The average molecular weight is 413 g/mol. The molecule has 0 saturated heterocycles. The van der Waals surface area contributed by atoms with E-state index >= 15 is 0 Å². The van der Waals surface area contributed by atoms with Gasteiger partial charge < -0.3 is 20.1 Å². The van der Waals surface area contributed by atoms with Crippen LogP contribution in [0, 0.1) is 0 Å². The van der Waals surface area contributed by atoms with Crippen molar-refractivity contribution in [1.29, 1.82) is 0 Å². The highest BCUT2D eigenvalue weighted by molar-refractivity contribution is 5.53. The monoisotopic (exact) mass is 412 g/mol. The normalized spacial score (nSPS) is 17.5. The Morgan fingerprint density at radius 1 is 0.533 bits per heavy atom. The summed E-state index contributed by atoms with van der Waals surface area (Å²) in [5, 5.41) is 30.5. The second kappa shape index (κ2) is 11.7. The third kappa shape index (κ3) is 7.16. The topological polar surface area (TPSA) is 69.9 Å². The lowest BCUT2D eigenvalue weighted by Gasteiger charge is -2.15. The van der Waals surface area contributed by atoms with Crippen molar-refractivity contribution >= 4 is 0 Å². The summed E-state index contributed by atoms with van der Waals surface area (Å²) in [6, 6.07) is 8.28. The third-order valence-corrected chi connectivity index (χ3v) is 5.96. The van der Waals surface area contributed by atoms with Gasteiger partial charge >= 0.3 is 0 Å². The summed E-state index contributed by atoms with van der Waals surface area (Å²) in [7, 11) is 0. The van der Waals surface area contributed by atoms with Gasteiger partial charge in [-0.1, -0.05) is 64.2 Å². The summed E-state index contributed by atoms with van der Waals surface area (Å²) in [5.41, 5.74) is 1.84. The maximum atomic E-state index is 10.4. The SMILES string of the molecule is Oc1cc2cc(c1)Oc1c(O)cc(O)cc1CCCCCCCCCCCCCC2. The minimum atomic E-state index is -0.0722. The van der Waals surface area contributed by atoms with E-state index in [0.29, 0.717) is 11.5 Å². The molecule has 1 aliphatic heterocycles. The lowest BCUT2D eigenvalue weighted by atomic mass is 10.0. The molecule has 30 heavy (non-hydrogen) atoms. The summed E-state index contributed by atoms with van der Waals surface area (Å²) in [5.74, 6) is 1.03. The molecule has 0 aromatic heterocycles. The number of hydrogen-bond acceptors (Lipinski definition) is 4. The van der Waals surface area contributed by atoms with Crippen molar-refractivity contribution in [1.82, 2.24) is 0 Å².